The first-order valence-electron chi connectivity index (χ1n) is 8.97. The van der Waals surface area contributed by atoms with Gasteiger partial charge in [-0.25, -0.2) is 9.97 Å². The second kappa shape index (κ2) is 5.72. The van der Waals surface area contributed by atoms with Crippen molar-refractivity contribution in [3.8, 4) is 0 Å². The summed E-state index contributed by atoms with van der Waals surface area (Å²) < 4.78 is 6.12. The van der Waals surface area contributed by atoms with Crippen molar-refractivity contribution < 1.29 is 9.21 Å². The predicted octanol–water partition coefficient (Wildman–Crippen LogP) is 2.87. The van der Waals surface area contributed by atoms with E-state index in [4.69, 9.17) is 4.42 Å². The summed E-state index contributed by atoms with van der Waals surface area (Å²) in [7, 11) is 0. The molecule has 2 saturated heterocycles. The molecule has 2 aliphatic rings. The van der Waals surface area contributed by atoms with Crippen molar-refractivity contribution in [1.82, 2.24) is 15.3 Å². The summed E-state index contributed by atoms with van der Waals surface area (Å²) in [5.41, 5.74) is 2.46. The highest BCUT2D eigenvalue weighted by atomic mass is 16.3. The molecule has 3 aromatic rings. The minimum absolute atomic E-state index is 0.159. The average molecular weight is 336 g/mol. The Morgan fingerprint density at radius 2 is 2.12 bits per heavy atom. The first-order chi connectivity index (χ1) is 12.3. The van der Waals surface area contributed by atoms with Gasteiger partial charge in [0.25, 0.3) is 0 Å². The molecule has 0 spiro atoms. The lowest BCUT2D eigenvalue weighted by Gasteiger charge is -2.39. The zero-order chi connectivity index (χ0) is 16.8. The van der Waals surface area contributed by atoms with Crippen molar-refractivity contribution in [1.29, 1.82) is 0 Å². The summed E-state index contributed by atoms with van der Waals surface area (Å²) in [4.78, 5) is 23.1. The molecule has 6 nitrogen and oxygen atoms in total. The highest BCUT2D eigenvalue weighted by Gasteiger charge is 2.36. The largest absolute Gasteiger partial charge is 0.450 e. The fourth-order valence-corrected chi connectivity index (χ4v) is 4.33. The van der Waals surface area contributed by atoms with Gasteiger partial charge in [0, 0.05) is 36.9 Å². The van der Waals surface area contributed by atoms with Crippen LogP contribution in [0.2, 0.25) is 0 Å². The fourth-order valence-electron chi connectivity index (χ4n) is 4.33. The van der Waals surface area contributed by atoms with E-state index in [1.165, 1.54) is 6.42 Å². The molecular weight excluding hydrogens is 316 g/mol. The van der Waals surface area contributed by atoms with Crippen LogP contribution in [0.1, 0.15) is 25.7 Å². The first-order valence-corrected chi connectivity index (χ1v) is 8.97. The van der Waals surface area contributed by atoms with E-state index < -0.39 is 0 Å². The summed E-state index contributed by atoms with van der Waals surface area (Å²) >= 11 is 0. The number of hydrogen-bond donors (Lipinski definition) is 1. The van der Waals surface area contributed by atoms with Gasteiger partial charge >= 0.3 is 0 Å². The minimum Gasteiger partial charge on any atom is -0.450 e. The summed E-state index contributed by atoms with van der Waals surface area (Å²) in [5.74, 6) is 1.36. The topological polar surface area (TPSA) is 71.3 Å². The summed E-state index contributed by atoms with van der Waals surface area (Å²) in [6.07, 6.45) is 5.65. The van der Waals surface area contributed by atoms with Crippen LogP contribution in [0.3, 0.4) is 0 Å². The van der Waals surface area contributed by atoms with E-state index in [1.54, 1.807) is 6.33 Å². The first kappa shape index (κ1) is 14.7. The number of anilines is 1. The van der Waals surface area contributed by atoms with Gasteiger partial charge in [-0.1, -0.05) is 12.1 Å². The van der Waals surface area contributed by atoms with E-state index in [9.17, 15) is 4.79 Å². The third kappa shape index (κ3) is 2.35. The number of nitrogens with zero attached hydrogens (tertiary/aromatic N) is 3. The Morgan fingerprint density at radius 3 is 3.00 bits per heavy atom. The Labute approximate surface area is 145 Å². The normalized spacial score (nSPS) is 24.2. The van der Waals surface area contributed by atoms with Crippen molar-refractivity contribution in [2.45, 2.75) is 31.7 Å². The van der Waals surface area contributed by atoms with Crippen LogP contribution in [0.15, 0.2) is 35.0 Å². The maximum absolute atomic E-state index is 11.7. The number of nitrogens with one attached hydrogen (secondary N) is 1. The van der Waals surface area contributed by atoms with E-state index >= 15 is 0 Å². The molecule has 0 bridgehead atoms. The van der Waals surface area contributed by atoms with Gasteiger partial charge in [0.05, 0.1) is 0 Å². The number of para-hydroxylation sites is 1. The molecule has 0 aliphatic carbocycles. The van der Waals surface area contributed by atoms with Crippen LogP contribution in [-0.2, 0) is 4.79 Å². The van der Waals surface area contributed by atoms with Crippen LogP contribution in [0.4, 0.5) is 5.82 Å². The maximum atomic E-state index is 11.7. The number of hydrogen-bond acceptors (Lipinski definition) is 5. The number of rotatable bonds is 2. The third-order valence-electron chi connectivity index (χ3n) is 5.51. The molecule has 2 unspecified atom stereocenters. The Kier molecular flexibility index (Phi) is 3.36. The molecule has 25 heavy (non-hydrogen) atoms. The van der Waals surface area contributed by atoms with Crippen LogP contribution in [0, 0.1) is 5.92 Å². The van der Waals surface area contributed by atoms with Gasteiger partial charge in [-0.2, -0.15) is 0 Å². The van der Waals surface area contributed by atoms with Crippen LogP contribution in [0.5, 0.6) is 0 Å². The number of benzene rings is 1. The zero-order valence-electron chi connectivity index (χ0n) is 13.9. The van der Waals surface area contributed by atoms with Gasteiger partial charge in [-0.05, 0) is 31.4 Å². The van der Waals surface area contributed by atoms with Gasteiger partial charge in [0.1, 0.15) is 17.4 Å². The molecule has 5 rings (SSSR count). The van der Waals surface area contributed by atoms with E-state index in [1.807, 2.05) is 24.3 Å². The lowest BCUT2D eigenvalue weighted by Crippen LogP contribution is -2.45. The van der Waals surface area contributed by atoms with Crippen LogP contribution in [-0.4, -0.2) is 35.0 Å². The summed E-state index contributed by atoms with van der Waals surface area (Å²) in [6.45, 7) is 1.70. The standard InChI is InChI=1S/C19H20N4O2/c24-16-9-12(10-20-16)14-6-3-4-8-23(14)19-18-17(21-11-22-19)13-5-1-2-7-15(13)25-18/h1-2,5,7,11-12,14H,3-4,6,8-10H2,(H,20,24). The Bertz CT molecular complexity index is 951. The van der Waals surface area contributed by atoms with E-state index in [2.05, 4.69) is 20.2 Å². The third-order valence-corrected chi connectivity index (χ3v) is 5.51. The fraction of sp³-hybridized carbons (Fsp3) is 0.421. The number of amides is 1. The highest BCUT2D eigenvalue weighted by molar-refractivity contribution is 6.05. The number of piperidine rings is 1. The lowest BCUT2D eigenvalue weighted by molar-refractivity contribution is -0.119. The van der Waals surface area contributed by atoms with Gasteiger partial charge in [-0.3, -0.25) is 4.79 Å². The number of aromatic nitrogens is 2. The number of furan rings is 1. The summed E-state index contributed by atoms with van der Waals surface area (Å²) in [6, 6.07) is 8.29. The van der Waals surface area contributed by atoms with Crippen molar-refractivity contribution in [2.75, 3.05) is 18.0 Å². The van der Waals surface area contributed by atoms with Crippen LogP contribution >= 0.6 is 0 Å². The second-order valence-corrected chi connectivity index (χ2v) is 7.00. The molecule has 6 heteroatoms. The van der Waals surface area contributed by atoms with E-state index in [-0.39, 0.29) is 5.91 Å². The van der Waals surface area contributed by atoms with Gasteiger partial charge in [-0.15, -0.1) is 0 Å². The quantitative estimate of drug-likeness (QED) is 0.779. The van der Waals surface area contributed by atoms with Gasteiger partial charge in [0.15, 0.2) is 11.4 Å². The molecule has 2 atom stereocenters. The van der Waals surface area contributed by atoms with Crippen molar-refractivity contribution in [2.24, 2.45) is 5.92 Å². The molecule has 0 radical (unpaired) electrons. The number of carbonyl (C=O) groups excluding carboxylic acids is 1. The number of carbonyl (C=O) groups is 1. The van der Waals surface area contributed by atoms with Gasteiger partial charge < -0.3 is 14.6 Å². The zero-order valence-corrected chi connectivity index (χ0v) is 13.9. The smallest absolute Gasteiger partial charge is 0.220 e. The molecule has 4 heterocycles. The van der Waals surface area contributed by atoms with Crippen molar-refractivity contribution in [3.63, 3.8) is 0 Å². The second-order valence-electron chi connectivity index (χ2n) is 7.00. The van der Waals surface area contributed by atoms with Crippen molar-refractivity contribution >= 4 is 33.8 Å². The Hall–Kier alpha value is -2.63. The Balaban J connectivity index is 1.62. The molecule has 0 saturated carbocycles. The predicted molar refractivity (Wildman–Crippen MR) is 95.4 cm³/mol. The molecule has 2 aromatic heterocycles. The molecule has 2 aliphatic heterocycles. The van der Waals surface area contributed by atoms with Crippen LogP contribution < -0.4 is 10.2 Å². The molecule has 1 N–H and O–H groups in total. The average Bonchev–Trinajstić information content (AvgIpc) is 3.25. The lowest BCUT2D eigenvalue weighted by atomic mass is 9.89. The number of fused-ring (bicyclic) bond motifs is 3. The monoisotopic (exact) mass is 336 g/mol. The SMILES string of the molecule is O=C1CC(C2CCCCN2c2ncnc3c2oc2ccccc23)CN1. The summed E-state index contributed by atoms with van der Waals surface area (Å²) in [5, 5.41) is 4.00. The van der Waals surface area contributed by atoms with E-state index in [0.717, 1.165) is 53.8 Å². The maximum Gasteiger partial charge on any atom is 0.220 e. The van der Waals surface area contributed by atoms with E-state index in [0.29, 0.717) is 18.4 Å². The molecule has 1 aromatic carbocycles. The molecule has 128 valence electrons. The minimum atomic E-state index is 0.159. The van der Waals surface area contributed by atoms with Crippen molar-refractivity contribution in [3.05, 3.63) is 30.6 Å². The molecule has 2 fully saturated rings. The Morgan fingerprint density at radius 1 is 1.20 bits per heavy atom. The molecule has 1 amide bonds. The van der Waals surface area contributed by atoms with Gasteiger partial charge in [0.2, 0.25) is 5.91 Å². The van der Waals surface area contributed by atoms with Crippen LogP contribution in [0.25, 0.3) is 22.1 Å². The molecular formula is C19H20N4O2. The highest BCUT2D eigenvalue weighted by Crippen LogP contribution is 2.37.